The fraction of sp³-hybridized carbons (Fsp3) is 0.360. The Balaban J connectivity index is 1.43. The van der Waals surface area contributed by atoms with Gasteiger partial charge in [-0.2, -0.15) is 23.3 Å². The Labute approximate surface area is 206 Å². The lowest BCUT2D eigenvalue weighted by Gasteiger charge is -2.35. The Morgan fingerprint density at radius 3 is 2.72 bits per heavy atom. The molecule has 1 aliphatic rings. The number of aromatic nitrogens is 2. The van der Waals surface area contributed by atoms with Crippen LogP contribution in [0.4, 0.5) is 40.7 Å². The van der Waals surface area contributed by atoms with Gasteiger partial charge >= 0.3 is 6.18 Å². The van der Waals surface area contributed by atoms with E-state index in [1.54, 1.807) is 12.1 Å². The molecule has 36 heavy (non-hydrogen) atoms. The number of morpholine rings is 1. The normalized spacial score (nSPS) is 16.5. The number of hydrogen-bond donors (Lipinski definition) is 1. The van der Waals surface area contributed by atoms with Gasteiger partial charge in [0.2, 0.25) is 0 Å². The highest BCUT2D eigenvalue weighted by Gasteiger charge is 2.30. The zero-order valence-electron chi connectivity index (χ0n) is 19.9. The monoisotopic (exact) mass is 502 g/mol. The van der Waals surface area contributed by atoms with Crippen LogP contribution in [0.3, 0.4) is 0 Å². The van der Waals surface area contributed by atoms with Crippen LogP contribution in [-0.4, -0.2) is 35.8 Å². The van der Waals surface area contributed by atoms with Crippen LogP contribution < -0.4 is 10.2 Å². The number of anilines is 3. The van der Waals surface area contributed by atoms with Gasteiger partial charge in [0.05, 0.1) is 37.6 Å². The molecule has 1 aliphatic heterocycles. The number of halogens is 4. The molecule has 3 aromatic rings. The summed E-state index contributed by atoms with van der Waals surface area (Å²) in [5, 5.41) is 11.2. The maximum Gasteiger partial charge on any atom is 0.416 e. The highest BCUT2D eigenvalue weighted by atomic mass is 19.4. The Morgan fingerprint density at radius 2 is 1.97 bits per heavy atom. The number of alkyl halides is 3. The van der Waals surface area contributed by atoms with E-state index < -0.39 is 17.6 Å². The molecular weight excluding hydrogens is 476 g/mol. The van der Waals surface area contributed by atoms with E-state index in [9.17, 15) is 17.6 Å². The first-order valence-corrected chi connectivity index (χ1v) is 11.5. The molecule has 2 aromatic carbocycles. The Morgan fingerprint density at radius 1 is 1.17 bits per heavy atom. The molecule has 0 radical (unpaired) electrons. The largest absolute Gasteiger partial charge is 0.416 e. The number of aryl methyl sites for hydroxylation is 1. The van der Waals surface area contributed by atoms with Gasteiger partial charge in [-0.05, 0) is 54.8 Å². The molecule has 1 unspecified atom stereocenters. The summed E-state index contributed by atoms with van der Waals surface area (Å²) in [5.41, 5.74) is 2.02. The molecular formula is C25H26F4N6O. The number of rotatable bonds is 7. The summed E-state index contributed by atoms with van der Waals surface area (Å²) in [4.78, 5) is 10.1. The minimum Gasteiger partial charge on any atom is -0.377 e. The number of hydrogen-bond acceptors (Lipinski definition) is 7. The van der Waals surface area contributed by atoms with Crippen molar-refractivity contribution in [3.05, 3.63) is 71.2 Å². The van der Waals surface area contributed by atoms with E-state index in [0.29, 0.717) is 31.1 Å². The molecule has 4 rings (SSSR count). The standard InChI is InChI=1S/C25H26F4N6O/c1-3-21-15-36-10-9-35(21)23-22(26)14-30-24(33-23)34-31-13-17-7-8-20(11-16(17)2)32-19-6-4-5-18(12-19)25(27,28)29/h4-8,11-12,14,21,32H,3,9-10,13,15H2,1-2H3. The van der Waals surface area contributed by atoms with Gasteiger partial charge in [-0.3, -0.25) is 0 Å². The van der Waals surface area contributed by atoms with Gasteiger partial charge in [-0.25, -0.2) is 9.37 Å². The second-order valence-corrected chi connectivity index (χ2v) is 8.42. The summed E-state index contributed by atoms with van der Waals surface area (Å²) >= 11 is 0. The second-order valence-electron chi connectivity index (χ2n) is 8.42. The van der Waals surface area contributed by atoms with Gasteiger partial charge in [-0.15, -0.1) is 5.11 Å². The van der Waals surface area contributed by atoms with Crippen molar-refractivity contribution in [1.82, 2.24) is 9.97 Å². The van der Waals surface area contributed by atoms with Crippen LogP contribution in [0, 0.1) is 12.7 Å². The van der Waals surface area contributed by atoms with E-state index in [1.165, 1.54) is 6.07 Å². The van der Waals surface area contributed by atoms with Crippen LogP contribution in [0.1, 0.15) is 30.0 Å². The summed E-state index contributed by atoms with van der Waals surface area (Å²) < 4.78 is 58.8. The van der Waals surface area contributed by atoms with E-state index in [-0.39, 0.29) is 24.4 Å². The SMILES string of the molecule is CCC1COCCN1c1nc(N=NCc2ccc(Nc3cccc(C(F)(F)F)c3)cc2C)ncc1F. The minimum absolute atomic E-state index is 0.0265. The van der Waals surface area contributed by atoms with Crippen LogP contribution in [0.5, 0.6) is 0 Å². The maximum atomic E-state index is 14.4. The number of benzene rings is 2. The van der Waals surface area contributed by atoms with E-state index >= 15 is 0 Å². The molecule has 1 N–H and O–H groups in total. The zero-order chi connectivity index (χ0) is 25.7. The van der Waals surface area contributed by atoms with E-state index in [1.807, 2.05) is 30.9 Å². The van der Waals surface area contributed by atoms with Gasteiger partial charge in [-0.1, -0.05) is 19.1 Å². The number of nitrogens with one attached hydrogen (secondary N) is 1. The van der Waals surface area contributed by atoms with Crippen molar-refractivity contribution in [2.75, 3.05) is 30.0 Å². The molecule has 7 nitrogen and oxygen atoms in total. The first-order valence-electron chi connectivity index (χ1n) is 11.5. The van der Waals surface area contributed by atoms with E-state index in [0.717, 1.165) is 35.9 Å². The summed E-state index contributed by atoms with van der Waals surface area (Å²) in [5.74, 6) is -0.266. The van der Waals surface area contributed by atoms with Crippen LogP contribution >= 0.6 is 0 Å². The molecule has 0 aliphatic carbocycles. The van der Waals surface area contributed by atoms with Gasteiger partial charge in [0, 0.05) is 17.9 Å². The quantitative estimate of drug-likeness (QED) is 0.292. The molecule has 0 spiro atoms. The molecule has 1 atom stereocenters. The zero-order valence-corrected chi connectivity index (χ0v) is 19.9. The Hall–Kier alpha value is -3.60. The lowest BCUT2D eigenvalue weighted by molar-refractivity contribution is -0.137. The molecule has 1 saturated heterocycles. The smallest absolute Gasteiger partial charge is 0.377 e. The highest BCUT2D eigenvalue weighted by Crippen LogP contribution is 2.32. The summed E-state index contributed by atoms with van der Waals surface area (Å²) in [6, 6.07) is 10.4. The van der Waals surface area contributed by atoms with Crippen molar-refractivity contribution in [1.29, 1.82) is 0 Å². The molecule has 11 heteroatoms. The maximum absolute atomic E-state index is 14.4. The number of ether oxygens (including phenoxy) is 1. The Kier molecular flexibility index (Phi) is 7.78. The molecule has 2 heterocycles. The van der Waals surface area contributed by atoms with Crippen LogP contribution in [0.2, 0.25) is 0 Å². The van der Waals surface area contributed by atoms with Crippen LogP contribution in [0.25, 0.3) is 0 Å². The number of azo groups is 1. The van der Waals surface area contributed by atoms with Crippen molar-refractivity contribution in [3.8, 4) is 0 Å². The molecule has 0 amide bonds. The molecule has 1 fully saturated rings. The van der Waals surface area contributed by atoms with Gasteiger partial charge < -0.3 is 15.0 Å². The van der Waals surface area contributed by atoms with Crippen molar-refractivity contribution in [2.24, 2.45) is 10.2 Å². The van der Waals surface area contributed by atoms with E-state index in [4.69, 9.17) is 4.74 Å². The third-order valence-corrected chi connectivity index (χ3v) is 5.91. The summed E-state index contributed by atoms with van der Waals surface area (Å²) in [6.45, 7) is 5.65. The van der Waals surface area contributed by atoms with Crippen molar-refractivity contribution >= 4 is 23.1 Å². The lowest BCUT2D eigenvalue weighted by atomic mass is 10.1. The predicted molar refractivity (Wildman–Crippen MR) is 128 cm³/mol. The number of nitrogens with zero attached hydrogens (tertiary/aromatic N) is 5. The van der Waals surface area contributed by atoms with Crippen LogP contribution in [0.15, 0.2) is 58.9 Å². The molecule has 1 aromatic heterocycles. The summed E-state index contributed by atoms with van der Waals surface area (Å²) in [7, 11) is 0. The Bertz CT molecular complexity index is 1230. The average molecular weight is 503 g/mol. The van der Waals surface area contributed by atoms with Crippen molar-refractivity contribution in [2.45, 2.75) is 39.0 Å². The third kappa shape index (κ3) is 6.14. The van der Waals surface area contributed by atoms with Crippen molar-refractivity contribution in [3.63, 3.8) is 0 Å². The van der Waals surface area contributed by atoms with Gasteiger partial charge in [0.15, 0.2) is 11.6 Å². The van der Waals surface area contributed by atoms with Gasteiger partial charge in [0.1, 0.15) is 0 Å². The second kappa shape index (κ2) is 11.0. The van der Waals surface area contributed by atoms with E-state index in [2.05, 4.69) is 25.5 Å². The van der Waals surface area contributed by atoms with Crippen LogP contribution in [-0.2, 0) is 17.5 Å². The lowest BCUT2D eigenvalue weighted by Crippen LogP contribution is -2.46. The minimum atomic E-state index is -4.41. The topological polar surface area (TPSA) is 75.0 Å². The molecule has 0 bridgehead atoms. The predicted octanol–water partition coefficient (Wildman–Crippen LogP) is 6.59. The fourth-order valence-corrected chi connectivity index (χ4v) is 3.94. The van der Waals surface area contributed by atoms with Gasteiger partial charge in [0.25, 0.3) is 5.95 Å². The molecule has 190 valence electrons. The first-order chi connectivity index (χ1) is 17.2. The fourth-order valence-electron chi connectivity index (χ4n) is 3.94. The first kappa shape index (κ1) is 25.5. The molecule has 0 saturated carbocycles. The highest BCUT2D eigenvalue weighted by molar-refractivity contribution is 5.62. The van der Waals surface area contributed by atoms with Crippen molar-refractivity contribution < 1.29 is 22.3 Å². The average Bonchev–Trinajstić information content (AvgIpc) is 2.86. The third-order valence-electron chi connectivity index (χ3n) is 5.91. The summed E-state index contributed by atoms with van der Waals surface area (Å²) in [6.07, 6.45) is -2.52.